The van der Waals surface area contributed by atoms with Crippen molar-refractivity contribution in [3.8, 4) is 5.75 Å². The number of ether oxygens (including phenoxy) is 1. The number of fused-ring (bicyclic) bond motifs is 6. The van der Waals surface area contributed by atoms with E-state index >= 15 is 0 Å². The molecule has 6 bridgehead atoms. The molecular formula is C26H32N6O2. The summed E-state index contributed by atoms with van der Waals surface area (Å²) in [5, 5.41) is 9.69. The molecule has 1 aliphatic heterocycles. The van der Waals surface area contributed by atoms with Crippen molar-refractivity contribution in [1.29, 1.82) is 0 Å². The van der Waals surface area contributed by atoms with Crippen molar-refractivity contribution >= 4 is 28.9 Å². The Morgan fingerprint density at radius 3 is 2.53 bits per heavy atom. The number of carbonyl (C=O) groups excluding carboxylic acids is 1. The van der Waals surface area contributed by atoms with Gasteiger partial charge in [-0.05, 0) is 55.8 Å². The molecule has 4 rings (SSSR count). The highest BCUT2D eigenvalue weighted by molar-refractivity contribution is 5.75. The molecule has 0 spiro atoms. The van der Waals surface area contributed by atoms with Gasteiger partial charge in [-0.2, -0.15) is 0 Å². The van der Waals surface area contributed by atoms with E-state index in [9.17, 15) is 4.79 Å². The highest BCUT2D eigenvalue weighted by atomic mass is 16.5. The molecule has 8 nitrogen and oxygen atoms in total. The minimum Gasteiger partial charge on any atom is -0.493 e. The van der Waals surface area contributed by atoms with Crippen molar-refractivity contribution in [2.24, 2.45) is 0 Å². The predicted octanol–water partition coefficient (Wildman–Crippen LogP) is 4.46. The van der Waals surface area contributed by atoms with Crippen LogP contribution in [-0.4, -0.2) is 47.0 Å². The van der Waals surface area contributed by atoms with E-state index in [0.717, 1.165) is 49.6 Å². The Kier molecular flexibility index (Phi) is 8.29. The summed E-state index contributed by atoms with van der Waals surface area (Å²) in [6, 6.07) is 18.0. The average Bonchev–Trinajstić information content (AvgIpc) is 2.83. The number of benzene rings is 2. The second-order valence-electron chi connectivity index (χ2n) is 8.29. The van der Waals surface area contributed by atoms with Crippen molar-refractivity contribution in [2.45, 2.75) is 32.7 Å². The van der Waals surface area contributed by atoms with Crippen LogP contribution in [0, 0.1) is 0 Å². The Balaban J connectivity index is 1.53. The normalized spacial score (nSPS) is 16.0. The van der Waals surface area contributed by atoms with Gasteiger partial charge in [0.05, 0.1) is 6.61 Å². The van der Waals surface area contributed by atoms with Gasteiger partial charge in [0.25, 0.3) is 0 Å². The molecule has 1 aliphatic rings. The molecular weight excluding hydrogens is 428 g/mol. The predicted molar refractivity (Wildman–Crippen MR) is 135 cm³/mol. The molecule has 2 aromatic carbocycles. The van der Waals surface area contributed by atoms with Crippen LogP contribution in [0.4, 0.5) is 23.0 Å². The zero-order chi connectivity index (χ0) is 23.6. The van der Waals surface area contributed by atoms with Gasteiger partial charge in [0.15, 0.2) is 0 Å². The van der Waals surface area contributed by atoms with Crippen molar-refractivity contribution < 1.29 is 9.53 Å². The third kappa shape index (κ3) is 7.18. The quantitative estimate of drug-likeness (QED) is 0.494. The van der Waals surface area contributed by atoms with Gasteiger partial charge in [-0.3, -0.25) is 9.69 Å². The molecule has 0 atom stereocenters. The number of nitrogens with zero attached hydrogens (tertiary/aromatic N) is 3. The molecule has 2 heterocycles. The number of amides is 1. The Morgan fingerprint density at radius 1 is 0.971 bits per heavy atom. The maximum atomic E-state index is 12.2. The lowest BCUT2D eigenvalue weighted by atomic mass is 10.1. The van der Waals surface area contributed by atoms with Crippen LogP contribution < -0.4 is 20.7 Å². The second-order valence-corrected chi connectivity index (χ2v) is 8.29. The van der Waals surface area contributed by atoms with Gasteiger partial charge in [0.1, 0.15) is 23.7 Å². The minimum atomic E-state index is 0.0942. The first-order chi connectivity index (χ1) is 16.7. The molecule has 3 N–H and O–H groups in total. The molecule has 0 saturated heterocycles. The van der Waals surface area contributed by atoms with Crippen molar-refractivity contribution in [3.05, 3.63) is 66.5 Å². The molecule has 0 aliphatic carbocycles. The molecule has 1 amide bonds. The molecule has 0 fully saturated rings. The average molecular weight is 461 g/mol. The van der Waals surface area contributed by atoms with Gasteiger partial charge in [0.2, 0.25) is 5.91 Å². The lowest BCUT2D eigenvalue weighted by molar-refractivity contribution is -0.121. The van der Waals surface area contributed by atoms with Gasteiger partial charge in [-0.1, -0.05) is 25.1 Å². The van der Waals surface area contributed by atoms with Crippen LogP contribution in [0.1, 0.15) is 31.7 Å². The first-order valence-electron chi connectivity index (χ1n) is 11.8. The fraction of sp³-hybridized carbons (Fsp3) is 0.346. The summed E-state index contributed by atoms with van der Waals surface area (Å²) in [4.78, 5) is 23.3. The number of hydrogen-bond acceptors (Lipinski definition) is 7. The maximum absolute atomic E-state index is 12.2. The number of carbonyl (C=O) groups is 1. The highest BCUT2D eigenvalue weighted by Crippen LogP contribution is 2.23. The van der Waals surface area contributed by atoms with E-state index in [1.54, 1.807) is 6.33 Å². The fourth-order valence-electron chi connectivity index (χ4n) is 3.85. The second kappa shape index (κ2) is 12.0. The lowest BCUT2D eigenvalue weighted by Crippen LogP contribution is -2.28. The summed E-state index contributed by atoms with van der Waals surface area (Å²) in [7, 11) is 0. The van der Waals surface area contributed by atoms with Crippen LogP contribution in [0.3, 0.4) is 0 Å². The first-order valence-corrected chi connectivity index (χ1v) is 11.8. The first kappa shape index (κ1) is 23.5. The third-order valence-corrected chi connectivity index (χ3v) is 5.62. The number of rotatable bonds is 1. The zero-order valence-corrected chi connectivity index (χ0v) is 19.6. The Bertz CT molecular complexity index is 1090. The summed E-state index contributed by atoms with van der Waals surface area (Å²) in [5.74, 6) is 2.26. The van der Waals surface area contributed by atoms with E-state index in [2.05, 4.69) is 49.9 Å². The van der Waals surface area contributed by atoms with Crippen LogP contribution in [0.15, 0.2) is 60.9 Å². The topological polar surface area (TPSA) is 91.4 Å². The summed E-state index contributed by atoms with van der Waals surface area (Å²) in [6.07, 6.45) is 3.66. The zero-order valence-electron chi connectivity index (χ0n) is 19.6. The van der Waals surface area contributed by atoms with E-state index in [4.69, 9.17) is 4.74 Å². The van der Waals surface area contributed by atoms with E-state index in [1.807, 2.05) is 42.5 Å². The molecule has 3 aromatic rings. The standard InChI is InChI=1S/C26H32N6O2/c1-2-32-13-5-11-26(33)27-12-6-14-34-23-10-4-9-22(16-23)31-25-17-24(28-19-29-25)30-21-8-3-7-20(15-21)18-32/h3-4,7-10,15-17,19H,2,5-6,11-14,18H2,1H3,(H,27,33)(H2,28,29,30,31). The van der Waals surface area contributed by atoms with Crippen molar-refractivity contribution in [2.75, 3.05) is 36.9 Å². The number of anilines is 4. The Labute approximate surface area is 200 Å². The van der Waals surface area contributed by atoms with E-state index in [1.165, 1.54) is 5.56 Å². The molecule has 0 radical (unpaired) electrons. The molecule has 1 aromatic heterocycles. The summed E-state index contributed by atoms with van der Waals surface area (Å²) in [5.41, 5.74) is 3.05. The summed E-state index contributed by atoms with van der Waals surface area (Å²) < 4.78 is 5.86. The van der Waals surface area contributed by atoms with Gasteiger partial charge >= 0.3 is 0 Å². The fourth-order valence-corrected chi connectivity index (χ4v) is 3.85. The molecule has 8 heteroatoms. The van der Waals surface area contributed by atoms with Gasteiger partial charge in [0, 0.05) is 43.0 Å². The SMILES string of the molecule is CCN1CCCC(=O)NCCCOc2cccc(c2)Nc2cc(ncn2)Nc2cccc(c2)C1. The van der Waals surface area contributed by atoms with E-state index in [-0.39, 0.29) is 5.91 Å². The van der Waals surface area contributed by atoms with E-state index in [0.29, 0.717) is 31.2 Å². The third-order valence-electron chi connectivity index (χ3n) is 5.62. The van der Waals surface area contributed by atoms with Crippen LogP contribution in [0.5, 0.6) is 5.75 Å². The number of nitrogens with one attached hydrogen (secondary N) is 3. The van der Waals surface area contributed by atoms with Gasteiger partial charge in [-0.25, -0.2) is 9.97 Å². The van der Waals surface area contributed by atoms with Gasteiger partial charge in [-0.15, -0.1) is 0 Å². The van der Waals surface area contributed by atoms with Gasteiger partial charge < -0.3 is 20.7 Å². The molecule has 178 valence electrons. The number of aromatic nitrogens is 2. The number of hydrogen-bond donors (Lipinski definition) is 3. The molecule has 0 unspecified atom stereocenters. The van der Waals surface area contributed by atoms with Crippen molar-refractivity contribution in [1.82, 2.24) is 20.2 Å². The summed E-state index contributed by atoms with van der Waals surface area (Å²) in [6.45, 7) is 5.93. The Hall–Kier alpha value is -3.65. The smallest absolute Gasteiger partial charge is 0.220 e. The van der Waals surface area contributed by atoms with E-state index < -0.39 is 0 Å². The maximum Gasteiger partial charge on any atom is 0.220 e. The lowest BCUT2D eigenvalue weighted by Gasteiger charge is -2.21. The van der Waals surface area contributed by atoms with Crippen LogP contribution >= 0.6 is 0 Å². The molecule has 34 heavy (non-hydrogen) atoms. The Morgan fingerprint density at radius 2 is 1.74 bits per heavy atom. The molecule has 0 saturated carbocycles. The minimum absolute atomic E-state index is 0.0942. The largest absolute Gasteiger partial charge is 0.493 e. The van der Waals surface area contributed by atoms with Crippen molar-refractivity contribution in [3.63, 3.8) is 0 Å². The monoisotopic (exact) mass is 460 g/mol. The van der Waals surface area contributed by atoms with Crippen LogP contribution in [0.2, 0.25) is 0 Å². The summed E-state index contributed by atoms with van der Waals surface area (Å²) >= 11 is 0. The van der Waals surface area contributed by atoms with Crippen LogP contribution in [-0.2, 0) is 11.3 Å². The highest BCUT2D eigenvalue weighted by Gasteiger charge is 2.08. The van der Waals surface area contributed by atoms with Crippen LogP contribution in [0.25, 0.3) is 0 Å².